The van der Waals surface area contributed by atoms with Gasteiger partial charge in [-0.15, -0.1) is 0 Å². The normalized spacial score (nSPS) is 17.7. The van der Waals surface area contributed by atoms with Crippen LogP contribution in [0, 0.1) is 0 Å². The largest absolute Gasteiger partial charge is 0.368 e. The minimum atomic E-state index is -0.605. The Morgan fingerprint density at radius 1 is 1.38 bits per heavy atom. The number of primary amides is 1. The number of nitrogens with zero attached hydrogens (tertiary/aromatic N) is 3. The number of guanidine groups is 1. The lowest BCUT2D eigenvalue weighted by molar-refractivity contribution is -0.129. The summed E-state index contributed by atoms with van der Waals surface area (Å²) in [5.41, 5.74) is 4.87. The van der Waals surface area contributed by atoms with Gasteiger partial charge in [0.2, 0.25) is 5.91 Å². The van der Waals surface area contributed by atoms with Crippen LogP contribution in [0.5, 0.6) is 0 Å². The van der Waals surface area contributed by atoms with Crippen LogP contribution in [-0.2, 0) is 4.79 Å². The first-order valence-electron chi connectivity index (χ1n) is 7.20. The molecule has 3 N–H and O–H groups in total. The molecule has 1 aliphatic rings. The summed E-state index contributed by atoms with van der Waals surface area (Å²) in [7, 11) is 0. The summed E-state index contributed by atoms with van der Waals surface area (Å²) in [6, 6.07) is 0. The Kier molecular flexibility index (Phi) is 6.67. The molecule has 1 saturated heterocycles. The van der Waals surface area contributed by atoms with E-state index in [4.69, 9.17) is 5.73 Å². The second-order valence-electron chi connectivity index (χ2n) is 5.58. The van der Waals surface area contributed by atoms with Crippen LogP contribution in [0.4, 0.5) is 0 Å². The molecule has 0 aromatic rings. The van der Waals surface area contributed by atoms with Crippen molar-refractivity contribution in [3.8, 4) is 0 Å². The molecule has 21 heavy (non-hydrogen) atoms. The third kappa shape index (κ3) is 5.00. The van der Waals surface area contributed by atoms with Crippen LogP contribution in [0.25, 0.3) is 0 Å². The highest BCUT2D eigenvalue weighted by molar-refractivity contribution is 9.11. The van der Waals surface area contributed by atoms with Gasteiger partial charge in [0.1, 0.15) is 0 Å². The zero-order valence-electron chi connectivity index (χ0n) is 13.2. The van der Waals surface area contributed by atoms with Crippen molar-refractivity contribution in [1.29, 1.82) is 0 Å². The molecular weight excluding hydrogens is 334 g/mol. The fourth-order valence-corrected chi connectivity index (χ4v) is 2.34. The maximum absolute atomic E-state index is 11.5. The number of hydrogen-bond acceptors (Lipinski definition) is 3. The first-order valence-corrected chi connectivity index (χ1v) is 7.99. The Morgan fingerprint density at radius 3 is 2.38 bits per heavy atom. The molecule has 0 bridgehead atoms. The third-order valence-electron chi connectivity index (χ3n) is 3.71. The van der Waals surface area contributed by atoms with Gasteiger partial charge in [-0.05, 0) is 20.8 Å². The van der Waals surface area contributed by atoms with Crippen molar-refractivity contribution in [2.45, 2.75) is 26.3 Å². The highest BCUT2D eigenvalue weighted by Crippen LogP contribution is 2.16. The number of piperazine rings is 1. The number of aliphatic imine (C=N–C) groups is 1. The maximum Gasteiger partial charge on any atom is 0.237 e. The van der Waals surface area contributed by atoms with Crippen molar-refractivity contribution in [2.24, 2.45) is 10.7 Å². The number of nitrogens with two attached hydrogens (primary N) is 1. The van der Waals surface area contributed by atoms with Gasteiger partial charge in [-0.25, -0.2) is 4.99 Å². The molecule has 6 nitrogen and oxygen atoms in total. The zero-order valence-corrected chi connectivity index (χ0v) is 14.7. The molecule has 0 aromatic heterocycles. The van der Waals surface area contributed by atoms with Crippen molar-refractivity contribution in [2.75, 3.05) is 39.3 Å². The van der Waals surface area contributed by atoms with E-state index in [1.807, 2.05) is 20.8 Å². The predicted octanol–water partition coefficient (Wildman–Crippen LogP) is 0.742. The van der Waals surface area contributed by atoms with Crippen LogP contribution in [0.15, 0.2) is 16.1 Å². The highest BCUT2D eigenvalue weighted by Gasteiger charge is 2.35. The second kappa shape index (κ2) is 7.79. The van der Waals surface area contributed by atoms with Gasteiger partial charge in [0.15, 0.2) is 5.96 Å². The number of carbonyl (C=O) groups is 1. The van der Waals surface area contributed by atoms with Crippen LogP contribution in [0.2, 0.25) is 0 Å². The first kappa shape index (κ1) is 18.0. The van der Waals surface area contributed by atoms with Gasteiger partial charge in [-0.2, -0.15) is 0 Å². The van der Waals surface area contributed by atoms with E-state index in [0.717, 1.165) is 43.2 Å². The monoisotopic (exact) mass is 359 g/mol. The van der Waals surface area contributed by atoms with E-state index in [2.05, 4.69) is 42.6 Å². The Labute approximate surface area is 135 Å². The van der Waals surface area contributed by atoms with E-state index < -0.39 is 5.54 Å². The van der Waals surface area contributed by atoms with Crippen molar-refractivity contribution in [3.63, 3.8) is 0 Å². The molecule has 120 valence electrons. The van der Waals surface area contributed by atoms with Gasteiger partial charge in [-0.1, -0.05) is 22.5 Å². The molecule has 1 rings (SSSR count). The highest BCUT2D eigenvalue weighted by atomic mass is 79.9. The van der Waals surface area contributed by atoms with Crippen molar-refractivity contribution in [3.05, 3.63) is 11.1 Å². The summed E-state index contributed by atoms with van der Waals surface area (Å²) in [5, 5.41) is 3.29. The molecule has 1 amide bonds. The topological polar surface area (TPSA) is 74.0 Å². The van der Waals surface area contributed by atoms with E-state index in [1.54, 1.807) is 0 Å². The van der Waals surface area contributed by atoms with Crippen molar-refractivity contribution >= 4 is 27.8 Å². The number of carbonyl (C=O) groups excluding carboxylic acids is 1. The van der Waals surface area contributed by atoms with Gasteiger partial charge in [-0.3, -0.25) is 9.69 Å². The molecule has 0 saturated carbocycles. The average Bonchev–Trinajstić information content (AvgIpc) is 2.43. The molecule has 1 heterocycles. The van der Waals surface area contributed by atoms with E-state index in [0.29, 0.717) is 6.54 Å². The predicted molar refractivity (Wildman–Crippen MR) is 90.5 cm³/mol. The smallest absolute Gasteiger partial charge is 0.237 e. The number of halogens is 1. The lowest BCUT2D eigenvalue weighted by atomic mass is 10.0. The van der Waals surface area contributed by atoms with Crippen LogP contribution in [0.1, 0.15) is 20.8 Å². The number of nitrogens with one attached hydrogen (secondary N) is 1. The summed E-state index contributed by atoms with van der Waals surface area (Å²) in [6.07, 6.45) is 0. The first-order chi connectivity index (χ1) is 9.78. The fourth-order valence-electron chi connectivity index (χ4n) is 2.22. The standard InChI is InChI=1S/C14H26BrN5O/c1-5-17-13(18-10-11(2)15)19-6-8-20(9-7-19)14(3,4)12(16)21/h2,5-10H2,1,3-4H3,(H2,16,21)(H,17,18). The lowest BCUT2D eigenvalue weighted by Crippen LogP contribution is -2.61. The maximum atomic E-state index is 11.5. The average molecular weight is 360 g/mol. The van der Waals surface area contributed by atoms with Crippen LogP contribution in [-0.4, -0.2) is 66.5 Å². The van der Waals surface area contributed by atoms with Crippen LogP contribution < -0.4 is 11.1 Å². The molecule has 0 spiro atoms. The molecule has 0 radical (unpaired) electrons. The van der Waals surface area contributed by atoms with Gasteiger partial charge in [0.05, 0.1) is 12.1 Å². The Hall–Kier alpha value is -1.08. The zero-order chi connectivity index (χ0) is 16.0. The minimum absolute atomic E-state index is 0.285. The number of rotatable bonds is 5. The molecule has 0 aromatic carbocycles. The van der Waals surface area contributed by atoms with Crippen molar-refractivity contribution in [1.82, 2.24) is 15.1 Å². The lowest BCUT2D eigenvalue weighted by Gasteiger charge is -2.43. The van der Waals surface area contributed by atoms with Gasteiger partial charge < -0.3 is 16.0 Å². The Morgan fingerprint density at radius 2 is 1.95 bits per heavy atom. The summed E-state index contributed by atoms with van der Waals surface area (Å²) in [4.78, 5) is 20.4. The van der Waals surface area contributed by atoms with Gasteiger partial charge in [0, 0.05) is 37.2 Å². The van der Waals surface area contributed by atoms with E-state index in [-0.39, 0.29) is 5.91 Å². The van der Waals surface area contributed by atoms with Crippen LogP contribution >= 0.6 is 15.9 Å². The van der Waals surface area contributed by atoms with Gasteiger partial charge >= 0.3 is 0 Å². The molecule has 0 unspecified atom stereocenters. The number of hydrogen-bond donors (Lipinski definition) is 2. The van der Waals surface area contributed by atoms with Gasteiger partial charge in [0.25, 0.3) is 0 Å². The Balaban J connectivity index is 2.67. The van der Waals surface area contributed by atoms with E-state index in [1.165, 1.54) is 0 Å². The Bertz CT molecular complexity index is 414. The molecule has 0 aliphatic carbocycles. The summed E-state index contributed by atoms with van der Waals surface area (Å²) in [6.45, 7) is 14.2. The molecular formula is C14H26BrN5O. The summed E-state index contributed by atoms with van der Waals surface area (Å²) >= 11 is 3.32. The van der Waals surface area contributed by atoms with Crippen LogP contribution in [0.3, 0.4) is 0 Å². The second-order valence-corrected chi connectivity index (χ2v) is 6.71. The fraction of sp³-hybridized carbons (Fsp3) is 0.714. The quantitative estimate of drug-likeness (QED) is 0.560. The number of amides is 1. The summed E-state index contributed by atoms with van der Waals surface area (Å²) < 4.78 is 0.853. The molecule has 7 heteroatoms. The third-order valence-corrected chi connectivity index (χ3v) is 3.96. The minimum Gasteiger partial charge on any atom is -0.368 e. The SMILES string of the molecule is C=C(Br)CN=C(NCC)N1CCN(C(C)(C)C(N)=O)CC1. The molecule has 1 aliphatic heterocycles. The van der Waals surface area contributed by atoms with Crippen molar-refractivity contribution < 1.29 is 4.79 Å². The molecule has 1 fully saturated rings. The molecule has 0 atom stereocenters. The van der Waals surface area contributed by atoms with E-state index in [9.17, 15) is 4.79 Å². The van der Waals surface area contributed by atoms with E-state index >= 15 is 0 Å². The summed E-state index contributed by atoms with van der Waals surface area (Å²) in [5.74, 6) is 0.599.